The van der Waals surface area contributed by atoms with E-state index in [2.05, 4.69) is 64.7 Å². The molecule has 26 heavy (non-hydrogen) atoms. The Hall–Kier alpha value is -2.60. The number of rotatable bonds is 5. The molecule has 0 radical (unpaired) electrons. The Balaban J connectivity index is 1.98. The van der Waals surface area contributed by atoms with E-state index in [0.29, 0.717) is 5.95 Å². The van der Waals surface area contributed by atoms with E-state index in [1.165, 1.54) is 4.90 Å². The van der Waals surface area contributed by atoms with Gasteiger partial charge in [0.15, 0.2) is 0 Å². The molecule has 2 heterocycles. The summed E-state index contributed by atoms with van der Waals surface area (Å²) in [5.74, 6) is 1.34. The molecular weight excluding hydrogens is 342 g/mol. The Bertz CT molecular complexity index is 875. The summed E-state index contributed by atoms with van der Waals surface area (Å²) in [6.07, 6.45) is 5.60. The van der Waals surface area contributed by atoms with Crippen molar-refractivity contribution < 1.29 is 0 Å². The second-order valence-corrected chi connectivity index (χ2v) is 7.81. The molecule has 0 amide bonds. The van der Waals surface area contributed by atoms with Crippen LogP contribution >= 0.6 is 11.8 Å². The average Bonchev–Trinajstić information content (AvgIpc) is 2.61. The summed E-state index contributed by atoms with van der Waals surface area (Å²) in [6.45, 7) is 6.26. The Morgan fingerprint density at radius 1 is 0.962 bits per heavy atom. The van der Waals surface area contributed by atoms with E-state index >= 15 is 0 Å². The lowest BCUT2D eigenvalue weighted by atomic mass is 10.1. The minimum absolute atomic E-state index is 0.132. The maximum atomic E-state index is 4.67. The van der Waals surface area contributed by atoms with Gasteiger partial charge < -0.3 is 10.6 Å². The first-order chi connectivity index (χ1) is 12.4. The van der Waals surface area contributed by atoms with Crippen LogP contribution in [0.5, 0.6) is 0 Å². The van der Waals surface area contributed by atoms with Crippen LogP contribution in [-0.4, -0.2) is 26.7 Å². The summed E-state index contributed by atoms with van der Waals surface area (Å²) >= 11 is 1.71. The van der Waals surface area contributed by atoms with Gasteiger partial charge in [0.2, 0.25) is 5.95 Å². The molecule has 3 aromatic rings. The van der Waals surface area contributed by atoms with Crippen LogP contribution in [0.4, 0.5) is 17.5 Å². The smallest absolute Gasteiger partial charge is 0.225 e. The molecule has 6 heteroatoms. The van der Waals surface area contributed by atoms with Crippen molar-refractivity contribution in [1.82, 2.24) is 15.0 Å². The summed E-state index contributed by atoms with van der Waals surface area (Å²) in [7, 11) is 0. The summed E-state index contributed by atoms with van der Waals surface area (Å²) < 4.78 is 0. The molecule has 0 spiro atoms. The van der Waals surface area contributed by atoms with Crippen molar-refractivity contribution in [2.75, 3.05) is 16.9 Å². The molecule has 3 rings (SSSR count). The number of hydrogen-bond acceptors (Lipinski definition) is 6. The predicted octanol–water partition coefficient (Wildman–Crippen LogP) is 5.21. The Morgan fingerprint density at radius 2 is 1.73 bits per heavy atom. The van der Waals surface area contributed by atoms with Crippen molar-refractivity contribution in [2.24, 2.45) is 0 Å². The zero-order chi connectivity index (χ0) is 18.6. The van der Waals surface area contributed by atoms with Crippen LogP contribution in [0.3, 0.4) is 0 Å². The third-order valence-corrected chi connectivity index (χ3v) is 4.26. The maximum absolute atomic E-state index is 4.67. The normalized spacial score (nSPS) is 11.2. The van der Waals surface area contributed by atoms with Gasteiger partial charge in [0.1, 0.15) is 5.82 Å². The monoisotopic (exact) mass is 365 g/mol. The van der Waals surface area contributed by atoms with Gasteiger partial charge in [-0.25, -0.2) is 4.98 Å². The fourth-order valence-corrected chi connectivity index (χ4v) is 2.88. The molecule has 0 aliphatic heterocycles. The Labute approximate surface area is 158 Å². The third kappa shape index (κ3) is 4.95. The second kappa shape index (κ2) is 7.74. The van der Waals surface area contributed by atoms with Crippen molar-refractivity contribution in [3.63, 3.8) is 0 Å². The molecule has 1 aromatic carbocycles. The van der Waals surface area contributed by atoms with Crippen molar-refractivity contribution in [3.8, 4) is 11.3 Å². The summed E-state index contributed by atoms with van der Waals surface area (Å²) in [5.41, 5.74) is 2.71. The zero-order valence-electron chi connectivity index (χ0n) is 15.4. The molecule has 0 atom stereocenters. The molecule has 2 aromatic heterocycles. The van der Waals surface area contributed by atoms with Gasteiger partial charge >= 0.3 is 0 Å². The Morgan fingerprint density at radius 3 is 2.42 bits per heavy atom. The number of aromatic nitrogens is 3. The molecule has 0 bridgehead atoms. The predicted molar refractivity (Wildman–Crippen MR) is 110 cm³/mol. The number of thioether (sulfide) groups is 1. The van der Waals surface area contributed by atoms with Gasteiger partial charge in [-0.1, -0.05) is 6.07 Å². The van der Waals surface area contributed by atoms with Gasteiger partial charge in [0.05, 0.1) is 5.69 Å². The average molecular weight is 366 g/mol. The van der Waals surface area contributed by atoms with Crippen LogP contribution in [-0.2, 0) is 0 Å². The standard InChI is InChI=1S/C20H23N5S/c1-20(2,3)25-19-23-17(14-8-10-21-11-9-14)13-18(24-19)22-15-6-5-7-16(12-15)26-4/h5-13H,1-4H3,(H2,22,23,24,25). The molecule has 2 N–H and O–H groups in total. The topological polar surface area (TPSA) is 62.7 Å². The van der Waals surface area contributed by atoms with E-state index < -0.39 is 0 Å². The largest absolute Gasteiger partial charge is 0.350 e. The van der Waals surface area contributed by atoms with E-state index in [1.54, 1.807) is 24.2 Å². The van der Waals surface area contributed by atoms with E-state index in [0.717, 1.165) is 22.8 Å². The molecule has 0 fully saturated rings. The molecule has 0 saturated carbocycles. The van der Waals surface area contributed by atoms with Crippen LogP contribution < -0.4 is 10.6 Å². The van der Waals surface area contributed by atoms with Crippen molar-refractivity contribution in [2.45, 2.75) is 31.2 Å². The number of benzene rings is 1. The molecular formula is C20H23N5S. The highest BCUT2D eigenvalue weighted by molar-refractivity contribution is 7.98. The van der Waals surface area contributed by atoms with E-state index in [9.17, 15) is 0 Å². The third-order valence-electron chi connectivity index (χ3n) is 3.53. The zero-order valence-corrected chi connectivity index (χ0v) is 16.3. The van der Waals surface area contributed by atoms with Crippen LogP contribution in [0.15, 0.2) is 59.8 Å². The van der Waals surface area contributed by atoms with Crippen LogP contribution in [0.2, 0.25) is 0 Å². The Kier molecular flexibility index (Phi) is 5.42. The first-order valence-electron chi connectivity index (χ1n) is 8.42. The number of pyridine rings is 1. The van der Waals surface area contributed by atoms with E-state index in [-0.39, 0.29) is 5.54 Å². The second-order valence-electron chi connectivity index (χ2n) is 6.93. The minimum atomic E-state index is -0.132. The molecule has 0 saturated heterocycles. The van der Waals surface area contributed by atoms with Crippen molar-refractivity contribution in [3.05, 3.63) is 54.9 Å². The van der Waals surface area contributed by atoms with Crippen LogP contribution in [0, 0.1) is 0 Å². The van der Waals surface area contributed by atoms with Crippen LogP contribution in [0.1, 0.15) is 20.8 Å². The maximum Gasteiger partial charge on any atom is 0.225 e. The highest BCUT2D eigenvalue weighted by Gasteiger charge is 2.14. The SMILES string of the molecule is CSc1cccc(Nc2cc(-c3ccncc3)nc(NC(C)(C)C)n2)c1. The summed E-state index contributed by atoms with van der Waals surface area (Å²) in [5, 5.41) is 6.75. The van der Waals surface area contributed by atoms with Gasteiger partial charge in [-0.05, 0) is 57.4 Å². The van der Waals surface area contributed by atoms with Gasteiger partial charge in [-0.15, -0.1) is 11.8 Å². The summed E-state index contributed by atoms with van der Waals surface area (Å²) in [4.78, 5) is 14.6. The lowest BCUT2D eigenvalue weighted by Crippen LogP contribution is -2.27. The molecule has 0 aliphatic rings. The number of nitrogens with one attached hydrogen (secondary N) is 2. The molecule has 0 unspecified atom stereocenters. The van der Waals surface area contributed by atoms with Crippen molar-refractivity contribution in [1.29, 1.82) is 0 Å². The fraction of sp³-hybridized carbons (Fsp3) is 0.250. The highest BCUT2D eigenvalue weighted by atomic mass is 32.2. The van der Waals surface area contributed by atoms with Crippen LogP contribution in [0.25, 0.3) is 11.3 Å². The lowest BCUT2D eigenvalue weighted by Gasteiger charge is -2.21. The van der Waals surface area contributed by atoms with Gasteiger partial charge in [0.25, 0.3) is 0 Å². The number of hydrogen-bond donors (Lipinski definition) is 2. The first kappa shape index (κ1) is 18.2. The van der Waals surface area contributed by atoms with Gasteiger partial charge in [0, 0.05) is 40.1 Å². The highest BCUT2D eigenvalue weighted by Crippen LogP contribution is 2.26. The lowest BCUT2D eigenvalue weighted by molar-refractivity contribution is 0.626. The van der Waals surface area contributed by atoms with E-state index in [4.69, 9.17) is 0 Å². The summed E-state index contributed by atoms with van der Waals surface area (Å²) in [6, 6.07) is 14.1. The number of anilines is 3. The van der Waals surface area contributed by atoms with Gasteiger partial charge in [-0.3, -0.25) is 4.98 Å². The molecule has 134 valence electrons. The minimum Gasteiger partial charge on any atom is -0.350 e. The quantitative estimate of drug-likeness (QED) is 0.605. The van der Waals surface area contributed by atoms with Gasteiger partial charge in [-0.2, -0.15) is 4.98 Å². The van der Waals surface area contributed by atoms with E-state index in [1.807, 2.05) is 30.3 Å². The van der Waals surface area contributed by atoms with Crippen molar-refractivity contribution >= 4 is 29.2 Å². The molecule has 5 nitrogen and oxygen atoms in total. The molecule has 0 aliphatic carbocycles. The first-order valence-corrected chi connectivity index (χ1v) is 9.64. The number of nitrogens with zero attached hydrogens (tertiary/aromatic N) is 3. The fourth-order valence-electron chi connectivity index (χ4n) is 2.42.